The number of thiophene rings is 1. The smallest absolute Gasteiger partial charge is 0.0656 e. The van der Waals surface area contributed by atoms with Crippen LogP contribution in [0.15, 0.2) is 47.8 Å². The third-order valence-electron chi connectivity index (χ3n) is 3.19. The Morgan fingerprint density at radius 1 is 1.11 bits per heavy atom. The van der Waals surface area contributed by atoms with Crippen LogP contribution in [0.3, 0.4) is 0 Å². The van der Waals surface area contributed by atoms with Gasteiger partial charge in [0.25, 0.3) is 0 Å². The number of rotatable bonds is 2. The Balaban J connectivity index is 2.18. The van der Waals surface area contributed by atoms with Crippen molar-refractivity contribution in [3.05, 3.63) is 66.9 Å². The summed E-state index contributed by atoms with van der Waals surface area (Å²) < 4.78 is 1.25. The maximum atomic E-state index is 6.41. The molecule has 0 radical (unpaired) electrons. The second-order valence-electron chi connectivity index (χ2n) is 4.34. The molecular formula is C15H11ClINS. The Morgan fingerprint density at radius 2 is 1.84 bits per heavy atom. The first-order valence-corrected chi connectivity index (χ1v) is 8.17. The largest absolute Gasteiger partial charge is 0.320 e. The molecule has 1 atom stereocenters. The molecule has 1 aromatic heterocycles. The summed E-state index contributed by atoms with van der Waals surface area (Å²) in [6.45, 7) is 0. The highest BCUT2D eigenvalue weighted by atomic mass is 127. The molecule has 2 aromatic carbocycles. The predicted octanol–water partition coefficient (Wildman–Crippen LogP) is 5.21. The van der Waals surface area contributed by atoms with Crippen LogP contribution in [0, 0.1) is 2.88 Å². The van der Waals surface area contributed by atoms with Crippen molar-refractivity contribution in [3.63, 3.8) is 0 Å². The second kappa shape index (κ2) is 5.40. The molecule has 3 rings (SSSR count). The van der Waals surface area contributed by atoms with Gasteiger partial charge < -0.3 is 5.73 Å². The Hall–Kier alpha value is -0.620. The second-order valence-corrected chi connectivity index (χ2v) is 7.56. The summed E-state index contributed by atoms with van der Waals surface area (Å²) in [5.41, 5.74) is 8.68. The highest BCUT2D eigenvalue weighted by molar-refractivity contribution is 14.1. The van der Waals surface area contributed by atoms with Crippen molar-refractivity contribution in [3.8, 4) is 0 Å². The molecule has 1 heterocycles. The van der Waals surface area contributed by atoms with Crippen molar-refractivity contribution in [1.29, 1.82) is 0 Å². The first-order valence-electron chi connectivity index (χ1n) is 5.83. The average Bonchev–Trinajstić information content (AvgIpc) is 2.86. The molecule has 0 amide bonds. The molecule has 19 heavy (non-hydrogen) atoms. The molecular weight excluding hydrogens is 389 g/mol. The number of hydrogen-bond donors (Lipinski definition) is 1. The maximum absolute atomic E-state index is 6.41. The zero-order chi connectivity index (χ0) is 13.4. The van der Waals surface area contributed by atoms with Crippen LogP contribution in [0.2, 0.25) is 5.02 Å². The Bertz CT molecular complexity index is 738. The van der Waals surface area contributed by atoms with Gasteiger partial charge in [-0.15, -0.1) is 11.3 Å². The van der Waals surface area contributed by atoms with Gasteiger partial charge in [0, 0.05) is 10.4 Å². The summed E-state index contributed by atoms with van der Waals surface area (Å²) in [5, 5.41) is 5.08. The molecule has 96 valence electrons. The molecule has 0 saturated heterocycles. The van der Waals surface area contributed by atoms with Crippen molar-refractivity contribution in [2.75, 3.05) is 0 Å². The van der Waals surface area contributed by atoms with E-state index in [4.69, 9.17) is 17.3 Å². The van der Waals surface area contributed by atoms with Gasteiger partial charge in [0.05, 0.1) is 8.93 Å². The topological polar surface area (TPSA) is 26.0 Å². The van der Waals surface area contributed by atoms with Crippen LogP contribution in [0.1, 0.15) is 17.2 Å². The van der Waals surface area contributed by atoms with Crippen LogP contribution in [0.4, 0.5) is 0 Å². The highest BCUT2D eigenvalue weighted by Gasteiger charge is 2.14. The fourth-order valence-corrected chi connectivity index (χ4v) is 3.86. The van der Waals surface area contributed by atoms with E-state index in [-0.39, 0.29) is 6.04 Å². The van der Waals surface area contributed by atoms with Gasteiger partial charge in [-0.1, -0.05) is 41.9 Å². The fraction of sp³-hybridized carbons (Fsp3) is 0.0667. The molecule has 4 heteroatoms. The van der Waals surface area contributed by atoms with Crippen molar-refractivity contribution in [1.82, 2.24) is 0 Å². The van der Waals surface area contributed by atoms with Crippen molar-refractivity contribution >= 4 is 56.3 Å². The van der Waals surface area contributed by atoms with Crippen LogP contribution in [0.5, 0.6) is 0 Å². The van der Waals surface area contributed by atoms with E-state index < -0.39 is 0 Å². The molecule has 0 saturated carbocycles. The summed E-state index contributed by atoms with van der Waals surface area (Å²) >= 11 is 10.3. The van der Waals surface area contributed by atoms with Crippen LogP contribution >= 0.6 is 45.5 Å². The van der Waals surface area contributed by atoms with E-state index in [2.05, 4.69) is 40.1 Å². The zero-order valence-corrected chi connectivity index (χ0v) is 13.7. The highest BCUT2D eigenvalue weighted by Crippen LogP contribution is 2.33. The fourth-order valence-electron chi connectivity index (χ4n) is 2.22. The van der Waals surface area contributed by atoms with Gasteiger partial charge >= 0.3 is 0 Å². The summed E-state index contributed by atoms with van der Waals surface area (Å²) in [5.74, 6) is 0. The lowest BCUT2D eigenvalue weighted by Crippen LogP contribution is -2.11. The van der Waals surface area contributed by atoms with Gasteiger partial charge in [-0.05, 0) is 56.6 Å². The van der Waals surface area contributed by atoms with Crippen molar-refractivity contribution in [2.24, 2.45) is 5.73 Å². The van der Waals surface area contributed by atoms with E-state index >= 15 is 0 Å². The predicted molar refractivity (Wildman–Crippen MR) is 92.0 cm³/mol. The maximum Gasteiger partial charge on any atom is 0.0656 e. The molecule has 0 aliphatic rings. The number of halogens is 2. The summed E-state index contributed by atoms with van der Waals surface area (Å²) in [6.07, 6.45) is 0. The number of fused-ring (bicyclic) bond motifs is 1. The molecule has 0 bridgehead atoms. The van der Waals surface area contributed by atoms with E-state index in [0.717, 1.165) is 26.9 Å². The van der Waals surface area contributed by atoms with E-state index in [0.29, 0.717) is 0 Å². The van der Waals surface area contributed by atoms with Gasteiger partial charge in [-0.25, -0.2) is 0 Å². The van der Waals surface area contributed by atoms with E-state index in [1.165, 1.54) is 2.88 Å². The van der Waals surface area contributed by atoms with Gasteiger partial charge in [-0.3, -0.25) is 0 Å². The quantitative estimate of drug-likeness (QED) is 0.588. The Kier molecular flexibility index (Phi) is 3.80. The van der Waals surface area contributed by atoms with Gasteiger partial charge in [-0.2, -0.15) is 0 Å². The molecule has 0 fully saturated rings. The lowest BCUT2D eigenvalue weighted by Gasteiger charge is -2.14. The molecule has 0 aliphatic carbocycles. The third-order valence-corrected chi connectivity index (χ3v) is 5.32. The standard InChI is InChI=1S/C15H11ClINS/c16-13-6-5-12(10-3-1-2-4-11(10)13)15(18)9-7-14(17)19-8-9/h1-8,15H,18H2. The zero-order valence-electron chi connectivity index (χ0n) is 9.94. The minimum Gasteiger partial charge on any atom is -0.320 e. The Labute approximate surface area is 134 Å². The van der Waals surface area contributed by atoms with Gasteiger partial charge in [0.15, 0.2) is 0 Å². The molecule has 0 aliphatic heterocycles. The number of hydrogen-bond acceptors (Lipinski definition) is 2. The monoisotopic (exact) mass is 399 g/mol. The van der Waals surface area contributed by atoms with E-state index in [1.807, 2.05) is 30.3 Å². The van der Waals surface area contributed by atoms with Gasteiger partial charge in [0.2, 0.25) is 0 Å². The van der Waals surface area contributed by atoms with Crippen LogP contribution in [-0.2, 0) is 0 Å². The summed E-state index contributed by atoms with van der Waals surface area (Å²) in [7, 11) is 0. The minimum absolute atomic E-state index is 0.109. The average molecular weight is 400 g/mol. The normalized spacial score (nSPS) is 12.8. The summed E-state index contributed by atoms with van der Waals surface area (Å²) in [4.78, 5) is 0. The van der Waals surface area contributed by atoms with Crippen LogP contribution in [0.25, 0.3) is 10.8 Å². The van der Waals surface area contributed by atoms with Crippen LogP contribution < -0.4 is 5.73 Å². The van der Waals surface area contributed by atoms with Gasteiger partial charge in [0.1, 0.15) is 0 Å². The lowest BCUT2D eigenvalue weighted by molar-refractivity contribution is 0.886. The lowest BCUT2D eigenvalue weighted by atomic mass is 9.96. The molecule has 3 aromatic rings. The van der Waals surface area contributed by atoms with E-state index in [9.17, 15) is 0 Å². The SMILES string of the molecule is NC(c1csc(I)c1)c1ccc(Cl)c2ccccc12. The Morgan fingerprint density at radius 3 is 2.53 bits per heavy atom. The molecule has 2 N–H and O–H groups in total. The molecule has 0 spiro atoms. The number of benzene rings is 2. The first kappa shape index (κ1) is 13.4. The molecule has 1 unspecified atom stereocenters. The first-order chi connectivity index (χ1) is 9.16. The van der Waals surface area contributed by atoms with E-state index in [1.54, 1.807) is 11.3 Å². The van der Waals surface area contributed by atoms with Crippen molar-refractivity contribution < 1.29 is 0 Å². The van der Waals surface area contributed by atoms with Crippen LogP contribution in [-0.4, -0.2) is 0 Å². The third kappa shape index (κ3) is 2.52. The minimum atomic E-state index is -0.109. The number of nitrogens with two attached hydrogens (primary N) is 1. The summed E-state index contributed by atoms with van der Waals surface area (Å²) in [6, 6.07) is 14.1. The van der Waals surface area contributed by atoms with Crippen molar-refractivity contribution in [2.45, 2.75) is 6.04 Å². The molecule has 1 nitrogen and oxygen atoms in total.